The molecule has 0 unspecified atom stereocenters. The van der Waals surface area contributed by atoms with Crippen molar-refractivity contribution in [1.82, 2.24) is 10.1 Å². The lowest BCUT2D eigenvalue weighted by Gasteiger charge is -2.04. The zero-order valence-electron chi connectivity index (χ0n) is 12.0. The summed E-state index contributed by atoms with van der Waals surface area (Å²) in [5.41, 5.74) is 0.614. The number of hydrogen-bond donors (Lipinski definition) is 0. The maximum absolute atomic E-state index is 10.7. The summed E-state index contributed by atoms with van der Waals surface area (Å²) in [4.78, 5) is 14.3. The molecule has 0 aliphatic heterocycles. The first-order chi connectivity index (χ1) is 11.5. The Morgan fingerprint density at radius 2 is 1.92 bits per heavy atom. The van der Waals surface area contributed by atoms with E-state index in [2.05, 4.69) is 10.1 Å². The zero-order chi connectivity index (χ0) is 17.1. The highest BCUT2D eigenvalue weighted by atomic mass is 35.5. The van der Waals surface area contributed by atoms with E-state index in [4.69, 9.17) is 32.5 Å². The van der Waals surface area contributed by atoms with Gasteiger partial charge >= 0.3 is 0 Å². The fraction of sp³-hybridized carbons (Fsp3) is 0.0667. The molecule has 1 heterocycles. The Morgan fingerprint density at radius 3 is 2.58 bits per heavy atom. The van der Waals surface area contributed by atoms with E-state index in [0.29, 0.717) is 22.5 Å². The number of halogens is 2. The lowest BCUT2D eigenvalue weighted by atomic mass is 10.2. The number of nitro benzene ring substituents is 1. The maximum Gasteiger partial charge on any atom is 0.271 e. The van der Waals surface area contributed by atoms with Gasteiger partial charge in [-0.2, -0.15) is 4.98 Å². The molecule has 7 nitrogen and oxygen atoms in total. The molecule has 0 radical (unpaired) electrons. The third-order valence-electron chi connectivity index (χ3n) is 3.04. The van der Waals surface area contributed by atoms with E-state index in [1.807, 2.05) is 0 Å². The lowest BCUT2D eigenvalue weighted by Crippen LogP contribution is -1.98. The first kappa shape index (κ1) is 16.2. The average Bonchev–Trinajstić information content (AvgIpc) is 3.03. The van der Waals surface area contributed by atoms with Crippen LogP contribution in [0.25, 0.3) is 11.5 Å². The number of non-ortho nitro benzene ring substituents is 1. The zero-order valence-corrected chi connectivity index (χ0v) is 13.5. The minimum absolute atomic E-state index is 0.00855. The topological polar surface area (TPSA) is 91.3 Å². The Labute approximate surface area is 145 Å². The summed E-state index contributed by atoms with van der Waals surface area (Å²) < 4.78 is 10.6. The SMILES string of the molecule is O=[N+]([O-])c1ccc(OCc2noc(-c3ccc(Cl)cc3)n2)c(Cl)c1. The molecule has 0 atom stereocenters. The van der Waals surface area contributed by atoms with Crippen LogP contribution < -0.4 is 4.74 Å². The van der Waals surface area contributed by atoms with Crippen LogP contribution in [0.1, 0.15) is 5.82 Å². The highest BCUT2D eigenvalue weighted by Gasteiger charge is 2.13. The Balaban J connectivity index is 1.69. The maximum atomic E-state index is 10.7. The largest absolute Gasteiger partial charge is 0.484 e. The third-order valence-corrected chi connectivity index (χ3v) is 3.59. The van der Waals surface area contributed by atoms with Crippen molar-refractivity contribution in [3.05, 3.63) is 68.4 Å². The lowest BCUT2D eigenvalue weighted by molar-refractivity contribution is -0.384. The monoisotopic (exact) mass is 365 g/mol. The Hall–Kier alpha value is -2.64. The second kappa shape index (κ2) is 6.86. The van der Waals surface area contributed by atoms with Gasteiger partial charge in [-0.1, -0.05) is 28.4 Å². The molecule has 3 aromatic rings. The van der Waals surface area contributed by atoms with Crippen molar-refractivity contribution in [2.24, 2.45) is 0 Å². The van der Waals surface area contributed by atoms with Crippen molar-refractivity contribution in [3.8, 4) is 17.2 Å². The van der Waals surface area contributed by atoms with E-state index in [1.54, 1.807) is 24.3 Å². The van der Waals surface area contributed by atoms with E-state index in [0.717, 1.165) is 5.56 Å². The summed E-state index contributed by atoms with van der Waals surface area (Å²) in [5.74, 6) is 0.939. The van der Waals surface area contributed by atoms with Crippen molar-refractivity contribution < 1.29 is 14.2 Å². The second-order valence-corrected chi connectivity index (χ2v) is 5.53. The molecule has 0 spiro atoms. The standard InChI is InChI=1S/C15H9Cl2N3O4/c16-10-3-1-9(2-4-10)15-18-14(19-24-15)8-23-13-6-5-11(20(21)22)7-12(13)17/h1-7H,8H2. The van der Waals surface area contributed by atoms with Crippen LogP contribution in [0.2, 0.25) is 10.0 Å². The fourth-order valence-electron chi connectivity index (χ4n) is 1.88. The second-order valence-electron chi connectivity index (χ2n) is 4.68. The molecule has 0 saturated carbocycles. The molecule has 0 aliphatic carbocycles. The molecule has 2 aromatic carbocycles. The van der Waals surface area contributed by atoms with E-state index in [-0.39, 0.29) is 17.3 Å². The molecular weight excluding hydrogens is 357 g/mol. The summed E-state index contributed by atoms with van der Waals surface area (Å²) in [7, 11) is 0. The van der Waals surface area contributed by atoms with Crippen LogP contribution in [-0.2, 0) is 6.61 Å². The van der Waals surface area contributed by atoms with Crippen molar-refractivity contribution in [3.63, 3.8) is 0 Å². The van der Waals surface area contributed by atoms with Crippen LogP contribution in [0.5, 0.6) is 5.75 Å². The quantitative estimate of drug-likeness (QED) is 0.487. The first-order valence-electron chi connectivity index (χ1n) is 6.68. The van der Waals surface area contributed by atoms with Gasteiger partial charge in [-0.05, 0) is 30.3 Å². The molecule has 24 heavy (non-hydrogen) atoms. The molecule has 0 aliphatic rings. The predicted octanol–water partition coefficient (Wildman–Crippen LogP) is 4.53. The fourth-order valence-corrected chi connectivity index (χ4v) is 2.24. The van der Waals surface area contributed by atoms with E-state index in [1.165, 1.54) is 18.2 Å². The van der Waals surface area contributed by atoms with Gasteiger partial charge in [0.2, 0.25) is 5.82 Å². The molecule has 0 amide bonds. The predicted molar refractivity (Wildman–Crippen MR) is 87.2 cm³/mol. The molecule has 0 N–H and O–H groups in total. The average molecular weight is 366 g/mol. The number of hydrogen-bond acceptors (Lipinski definition) is 6. The van der Waals surface area contributed by atoms with Gasteiger partial charge in [0.15, 0.2) is 6.61 Å². The molecule has 0 saturated heterocycles. The molecule has 1 aromatic heterocycles. The molecule has 9 heteroatoms. The number of nitro groups is 1. The van der Waals surface area contributed by atoms with Gasteiger partial charge in [0.05, 0.1) is 9.95 Å². The van der Waals surface area contributed by atoms with E-state index in [9.17, 15) is 10.1 Å². The number of benzene rings is 2. The Kier molecular flexibility index (Phi) is 4.64. The van der Waals surface area contributed by atoms with Crippen LogP contribution in [0, 0.1) is 10.1 Å². The van der Waals surface area contributed by atoms with Gasteiger partial charge in [-0.25, -0.2) is 0 Å². The number of ether oxygens (including phenoxy) is 1. The van der Waals surface area contributed by atoms with Crippen LogP contribution in [0.3, 0.4) is 0 Å². The van der Waals surface area contributed by atoms with Gasteiger partial charge in [0.1, 0.15) is 5.75 Å². The van der Waals surface area contributed by atoms with E-state index >= 15 is 0 Å². The van der Waals surface area contributed by atoms with Crippen molar-refractivity contribution in [2.45, 2.75) is 6.61 Å². The number of nitrogens with zero attached hydrogens (tertiary/aromatic N) is 3. The molecule has 122 valence electrons. The van der Waals surface area contributed by atoms with Crippen molar-refractivity contribution in [2.75, 3.05) is 0 Å². The van der Waals surface area contributed by atoms with Gasteiger partial charge in [-0.15, -0.1) is 0 Å². The minimum Gasteiger partial charge on any atom is -0.484 e. The molecule has 0 fully saturated rings. The molecule has 0 bridgehead atoms. The Morgan fingerprint density at radius 1 is 1.17 bits per heavy atom. The van der Waals surface area contributed by atoms with Crippen LogP contribution in [0.4, 0.5) is 5.69 Å². The number of rotatable bonds is 5. The molecule has 3 rings (SSSR count). The van der Waals surface area contributed by atoms with Gasteiger partial charge < -0.3 is 9.26 Å². The van der Waals surface area contributed by atoms with Crippen LogP contribution >= 0.6 is 23.2 Å². The summed E-state index contributed by atoms with van der Waals surface area (Å²) in [6.07, 6.45) is 0. The minimum atomic E-state index is -0.534. The van der Waals surface area contributed by atoms with Gasteiger partial charge in [0, 0.05) is 22.7 Å². The van der Waals surface area contributed by atoms with Gasteiger partial charge in [-0.3, -0.25) is 10.1 Å². The molecular formula is C15H9Cl2N3O4. The van der Waals surface area contributed by atoms with Crippen molar-refractivity contribution in [1.29, 1.82) is 0 Å². The summed E-state index contributed by atoms with van der Waals surface area (Å²) in [5, 5.41) is 15.2. The summed E-state index contributed by atoms with van der Waals surface area (Å²) >= 11 is 11.8. The van der Waals surface area contributed by atoms with Crippen LogP contribution in [-0.4, -0.2) is 15.1 Å². The van der Waals surface area contributed by atoms with Crippen LogP contribution in [0.15, 0.2) is 47.0 Å². The van der Waals surface area contributed by atoms with Crippen molar-refractivity contribution >= 4 is 28.9 Å². The first-order valence-corrected chi connectivity index (χ1v) is 7.44. The summed E-state index contributed by atoms with van der Waals surface area (Å²) in [6, 6.07) is 10.9. The highest BCUT2D eigenvalue weighted by molar-refractivity contribution is 6.32. The normalized spacial score (nSPS) is 10.6. The summed E-state index contributed by atoms with van der Waals surface area (Å²) in [6.45, 7) is 0.00855. The highest BCUT2D eigenvalue weighted by Crippen LogP contribution is 2.29. The Bertz CT molecular complexity index is 881. The third kappa shape index (κ3) is 3.64. The van der Waals surface area contributed by atoms with Gasteiger partial charge in [0.25, 0.3) is 11.6 Å². The smallest absolute Gasteiger partial charge is 0.271 e. The number of aromatic nitrogens is 2. The van der Waals surface area contributed by atoms with E-state index < -0.39 is 4.92 Å².